The van der Waals surface area contributed by atoms with Gasteiger partial charge in [0.15, 0.2) is 4.34 Å². The molecular formula is C21H18N4O3S2. The van der Waals surface area contributed by atoms with E-state index in [1.54, 1.807) is 36.0 Å². The zero-order valence-corrected chi connectivity index (χ0v) is 17.5. The van der Waals surface area contributed by atoms with Gasteiger partial charge in [0, 0.05) is 18.7 Å². The highest BCUT2D eigenvalue weighted by Gasteiger charge is 2.34. The van der Waals surface area contributed by atoms with Crippen molar-refractivity contribution in [1.29, 1.82) is 0 Å². The number of anilines is 1. The fraction of sp³-hybridized carbons (Fsp3) is 0.190. The molecule has 4 rings (SSSR count). The van der Waals surface area contributed by atoms with Crippen molar-refractivity contribution >= 4 is 46.0 Å². The number of aromatic nitrogens is 2. The lowest BCUT2D eigenvalue weighted by Gasteiger charge is -2.13. The highest BCUT2D eigenvalue weighted by atomic mass is 32.2. The molecule has 1 aromatic heterocycles. The summed E-state index contributed by atoms with van der Waals surface area (Å²) < 4.78 is 0.778. The fourth-order valence-electron chi connectivity index (χ4n) is 3.06. The summed E-state index contributed by atoms with van der Waals surface area (Å²) in [6.45, 7) is 0.202. The quantitative estimate of drug-likeness (QED) is 0.326. The summed E-state index contributed by atoms with van der Waals surface area (Å²) in [6, 6.07) is 16.8. The SMILES string of the molecule is O=C(CCCN1C(=O)c2ccccc2C1=O)Nc1nnc(SCc2ccccc2)s1. The summed E-state index contributed by atoms with van der Waals surface area (Å²) in [6.07, 6.45) is 0.561. The average Bonchev–Trinajstić information content (AvgIpc) is 3.31. The van der Waals surface area contributed by atoms with E-state index in [1.165, 1.54) is 21.8 Å². The summed E-state index contributed by atoms with van der Waals surface area (Å²) in [7, 11) is 0. The lowest BCUT2D eigenvalue weighted by molar-refractivity contribution is -0.116. The minimum atomic E-state index is -0.305. The number of hydrogen-bond acceptors (Lipinski definition) is 7. The zero-order valence-electron chi connectivity index (χ0n) is 15.9. The molecule has 3 amide bonds. The van der Waals surface area contributed by atoms with Gasteiger partial charge in [-0.25, -0.2) is 0 Å². The van der Waals surface area contributed by atoms with E-state index < -0.39 is 0 Å². The van der Waals surface area contributed by atoms with Crippen molar-refractivity contribution < 1.29 is 14.4 Å². The summed E-state index contributed by atoms with van der Waals surface area (Å²) in [4.78, 5) is 38.0. The standard InChI is InChI=1S/C21H18N4O3S2/c26-17(11-6-12-25-18(27)15-9-4-5-10-16(15)19(25)28)22-20-23-24-21(30-20)29-13-14-7-2-1-3-8-14/h1-5,7-10H,6,11-13H2,(H,22,23,26). The van der Waals surface area contributed by atoms with Crippen LogP contribution in [-0.2, 0) is 10.5 Å². The number of thioether (sulfide) groups is 1. The summed E-state index contributed by atoms with van der Waals surface area (Å²) >= 11 is 2.88. The maximum absolute atomic E-state index is 12.3. The molecule has 0 spiro atoms. The van der Waals surface area contributed by atoms with Gasteiger partial charge in [-0.2, -0.15) is 0 Å². The number of carbonyl (C=O) groups is 3. The Balaban J connectivity index is 1.23. The molecule has 0 radical (unpaired) electrons. The van der Waals surface area contributed by atoms with Gasteiger partial charge in [0.1, 0.15) is 0 Å². The number of rotatable bonds is 8. The van der Waals surface area contributed by atoms with Gasteiger partial charge < -0.3 is 5.32 Å². The molecule has 0 aliphatic carbocycles. The molecule has 1 N–H and O–H groups in total. The Hall–Kier alpha value is -3.04. The van der Waals surface area contributed by atoms with Gasteiger partial charge >= 0.3 is 0 Å². The number of carbonyl (C=O) groups excluding carboxylic acids is 3. The molecule has 2 heterocycles. The van der Waals surface area contributed by atoms with E-state index in [0.29, 0.717) is 22.7 Å². The van der Waals surface area contributed by atoms with Crippen LogP contribution in [0.1, 0.15) is 39.1 Å². The third-order valence-electron chi connectivity index (χ3n) is 4.52. The molecule has 7 nitrogen and oxygen atoms in total. The Kier molecular flexibility index (Phi) is 6.20. The van der Waals surface area contributed by atoms with Crippen molar-refractivity contribution in [1.82, 2.24) is 15.1 Å². The smallest absolute Gasteiger partial charge is 0.261 e. The van der Waals surface area contributed by atoms with Gasteiger partial charge in [0.05, 0.1) is 11.1 Å². The molecule has 9 heteroatoms. The highest BCUT2D eigenvalue weighted by molar-refractivity contribution is 8.00. The Bertz CT molecular complexity index is 1050. The van der Waals surface area contributed by atoms with Crippen LogP contribution in [0.5, 0.6) is 0 Å². The van der Waals surface area contributed by atoms with Crippen LogP contribution in [0, 0.1) is 0 Å². The first kappa shape index (κ1) is 20.2. The van der Waals surface area contributed by atoms with Crippen LogP contribution in [0.15, 0.2) is 58.9 Å². The first-order valence-electron chi connectivity index (χ1n) is 9.37. The van der Waals surface area contributed by atoms with Gasteiger partial charge in [0.25, 0.3) is 11.8 Å². The van der Waals surface area contributed by atoms with Crippen molar-refractivity contribution in [3.63, 3.8) is 0 Å². The lowest BCUT2D eigenvalue weighted by atomic mass is 10.1. The first-order chi connectivity index (χ1) is 14.6. The zero-order chi connectivity index (χ0) is 20.9. The van der Waals surface area contributed by atoms with E-state index in [1.807, 2.05) is 30.3 Å². The van der Waals surface area contributed by atoms with E-state index >= 15 is 0 Å². The summed E-state index contributed by atoms with van der Waals surface area (Å²) in [5.41, 5.74) is 2.03. The number of hydrogen-bond donors (Lipinski definition) is 1. The van der Waals surface area contributed by atoms with Crippen molar-refractivity contribution in [3.8, 4) is 0 Å². The number of nitrogens with one attached hydrogen (secondary N) is 1. The van der Waals surface area contributed by atoms with Crippen LogP contribution in [0.4, 0.5) is 5.13 Å². The average molecular weight is 439 g/mol. The molecule has 30 heavy (non-hydrogen) atoms. The number of benzene rings is 2. The lowest BCUT2D eigenvalue weighted by Crippen LogP contribution is -2.31. The second kappa shape index (κ2) is 9.19. The van der Waals surface area contributed by atoms with Crippen LogP contribution in [0.3, 0.4) is 0 Å². The van der Waals surface area contributed by atoms with E-state index in [0.717, 1.165) is 10.1 Å². The van der Waals surface area contributed by atoms with E-state index in [-0.39, 0.29) is 30.7 Å². The van der Waals surface area contributed by atoms with Crippen LogP contribution < -0.4 is 5.32 Å². The largest absolute Gasteiger partial charge is 0.301 e. The molecule has 0 unspecified atom stereocenters. The molecule has 1 aliphatic heterocycles. The highest BCUT2D eigenvalue weighted by Crippen LogP contribution is 2.28. The number of amides is 3. The van der Waals surface area contributed by atoms with Crippen molar-refractivity contribution in [2.75, 3.05) is 11.9 Å². The van der Waals surface area contributed by atoms with Crippen LogP contribution in [0.2, 0.25) is 0 Å². The van der Waals surface area contributed by atoms with Crippen molar-refractivity contribution in [2.45, 2.75) is 22.9 Å². The van der Waals surface area contributed by atoms with Gasteiger partial charge in [-0.1, -0.05) is 65.6 Å². The fourth-order valence-corrected chi connectivity index (χ4v) is 4.78. The predicted octanol–water partition coefficient (Wildman–Crippen LogP) is 3.85. The van der Waals surface area contributed by atoms with Gasteiger partial charge in [-0.15, -0.1) is 10.2 Å². The van der Waals surface area contributed by atoms with E-state index in [4.69, 9.17) is 0 Å². The van der Waals surface area contributed by atoms with Gasteiger partial charge in [-0.05, 0) is 24.1 Å². The van der Waals surface area contributed by atoms with Gasteiger partial charge in [-0.3, -0.25) is 19.3 Å². The summed E-state index contributed by atoms with van der Waals surface area (Å²) in [5, 5.41) is 11.3. The second-order valence-electron chi connectivity index (χ2n) is 6.61. The molecule has 0 saturated heterocycles. The molecule has 0 bridgehead atoms. The molecular weight excluding hydrogens is 420 g/mol. The van der Waals surface area contributed by atoms with Gasteiger partial charge in [0.2, 0.25) is 11.0 Å². The molecule has 152 valence electrons. The van der Waals surface area contributed by atoms with Crippen LogP contribution in [0.25, 0.3) is 0 Å². The van der Waals surface area contributed by atoms with E-state index in [2.05, 4.69) is 15.5 Å². The second-order valence-corrected chi connectivity index (χ2v) is 8.81. The normalized spacial score (nSPS) is 12.9. The third-order valence-corrected chi connectivity index (χ3v) is 6.56. The van der Waals surface area contributed by atoms with Crippen molar-refractivity contribution in [2.24, 2.45) is 0 Å². The molecule has 1 aliphatic rings. The predicted molar refractivity (Wildman–Crippen MR) is 116 cm³/mol. The number of imide groups is 1. The number of nitrogens with zero attached hydrogens (tertiary/aromatic N) is 3. The summed E-state index contributed by atoms with van der Waals surface area (Å²) in [5.74, 6) is -0.0493. The van der Waals surface area contributed by atoms with Crippen LogP contribution in [-0.4, -0.2) is 39.4 Å². The molecule has 0 saturated carbocycles. The molecule has 0 atom stereocenters. The first-order valence-corrected chi connectivity index (χ1v) is 11.2. The Morgan fingerprint density at radius 3 is 2.33 bits per heavy atom. The molecule has 2 aromatic carbocycles. The van der Waals surface area contributed by atoms with E-state index in [9.17, 15) is 14.4 Å². The Labute approximate surface area is 181 Å². The molecule has 0 fully saturated rings. The minimum Gasteiger partial charge on any atom is -0.301 e. The molecule has 3 aromatic rings. The third kappa shape index (κ3) is 4.58. The monoisotopic (exact) mass is 438 g/mol. The van der Waals surface area contributed by atoms with Crippen molar-refractivity contribution in [3.05, 3.63) is 71.3 Å². The van der Waals surface area contributed by atoms with Crippen LogP contribution >= 0.6 is 23.1 Å². The Morgan fingerprint density at radius 2 is 1.63 bits per heavy atom. The maximum Gasteiger partial charge on any atom is 0.261 e. The number of fused-ring (bicyclic) bond motifs is 1. The Morgan fingerprint density at radius 1 is 0.967 bits per heavy atom. The maximum atomic E-state index is 12.3. The minimum absolute atomic E-state index is 0.180. The topological polar surface area (TPSA) is 92.3 Å².